The van der Waals surface area contributed by atoms with Gasteiger partial charge >= 0.3 is 0 Å². The zero-order valence-electron chi connectivity index (χ0n) is 16.0. The van der Waals surface area contributed by atoms with Crippen molar-refractivity contribution >= 4 is 23.2 Å². The number of carbonyl (C=O) groups excluding carboxylic acids is 2. The lowest BCUT2D eigenvalue weighted by molar-refractivity contribution is 0.0958. The summed E-state index contributed by atoms with van der Waals surface area (Å²) in [6.07, 6.45) is 3.05. The van der Waals surface area contributed by atoms with Crippen LogP contribution in [0.15, 0.2) is 55.3 Å². The molecule has 1 aliphatic heterocycles. The lowest BCUT2D eigenvalue weighted by Crippen LogP contribution is -2.44. The molecule has 0 bridgehead atoms. The molecule has 1 aromatic carbocycles. The minimum Gasteiger partial charge on any atom is -0.369 e. The zero-order chi connectivity index (χ0) is 19.9. The first-order valence-corrected chi connectivity index (χ1v) is 9.27. The molecule has 0 radical (unpaired) electrons. The molecule has 1 aromatic heterocycles. The molecular formula is C21H25N5O2. The van der Waals surface area contributed by atoms with E-state index >= 15 is 0 Å². The average molecular weight is 379 g/mol. The van der Waals surface area contributed by atoms with Gasteiger partial charge in [-0.15, -0.1) is 6.58 Å². The standard InChI is InChI=1S/C21H25N5O2/c1-3-9-23-20(27)16-8-10-22-19(15-16)21(28)24-17-4-6-18(7-5-17)26-13-11-25(2)12-14-26/h3-8,10,15H,1,9,11-14H2,2H3,(H,23,27)(H,24,28). The second-order valence-corrected chi connectivity index (χ2v) is 6.72. The summed E-state index contributed by atoms with van der Waals surface area (Å²) in [4.78, 5) is 33.2. The van der Waals surface area contributed by atoms with E-state index in [0.717, 1.165) is 31.9 Å². The van der Waals surface area contributed by atoms with Crippen LogP contribution >= 0.6 is 0 Å². The number of piperazine rings is 1. The van der Waals surface area contributed by atoms with Crippen LogP contribution in [0.3, 0.4) is 0 Å². The molecule has 0 saturated carbocycles. The number of amides is 2. The molecule has 0 atom stereocenters. The van der Waals surface area contributed by atoms with Crippen LogP contribution in [0.4, 0.5) is 11.4 Å². The molecule has 1 fully saturated rings. The van der Waals surface area contributed by atoms with Crippen molar-refractivity contribution in [1.29, 1.82) is 0 Å². The van der Waals surface area contributed by atoms with E-state index in [0.29, 0.717) is 17.8 Å². The number of anilines is 2. The van der Waals surface area contributed by atoms with Gasteiger partial charge in [0.2, 0.25) is 0 Å². The van der Waals surface area contributed by atoms with Crippen molar-refractivity contribution in [1.82, 2.24) is 15.2 Å². The van der Waals surface area contributed by atoms with E-state index in [1.165, 1.54) is 12.3 Å². The van der Waals surface area contributed by atoms with E-state index in [2.05, 4.69) is 39.0 Å². The second-order valence-electron chi connectivity index (χ2n) is 6.72. The smallest absolute Gasteiger partial charge is 0.274 e. The quantitative estimate of drug-likeness (QED) is 0.751. The zero-order valence-corrected chi connectivity index (χ0v) is 16.0. The van der Waals surface area contributed by atoms with Crippen LogP contribution in [0.2, 0.25) is 0 Å². The molecule has 3 rings (SSSR count). The van der Waals surface area contributed by atoms with E-state index in [9.17, 15) is 9.59 Å². The number of hydrogen-bond donors (Lipinski definition) is 2. The molecule has 28 heavy (non-hydrogen) atoms. The van der Waals surface area contributed by atoms with Crippen LogP contribution < -0.4 is 15.5 Å². The van der Waals surface area contributed by atoms with Crippen LogP contribution in [0.5, 0.6) is 0 Å². The van der Waals surface area contributed by atoms with E-state index < -0.39 is 0 Å². The average Bonchev–Trinajstić information content (AvgIpc) is 2.73. The molecule has 0 aliphatic carbocycles. The summed E-state index contributed by atoms with van der Waals surface area (Å²) < 4.78 is 0. The maximum Gasteiger partial charge on any atom is 0.274 e. The van der Waals surface area contributed by atoms with Crippen LogP contribution in [-0.2, 0) is 0 Å². The van der Waals surface area contributed by atoms with E-state index in [1.807, 2.05) is 24.3 Å². The maximum atomic E-state index is 12.5. The number of likely N-dealkylation sites (N-methyl/N-ethyl adjacent to an activating group) is 1. The summed E-state index contributed by atoms with van der Waals surface area (Å²) in [5.41, 5.74) is 2.40. The van der Waals surface area contributed by atoms with Gasteiger partial charge in [-0.1, -0.05) is 6.08 Å². The van der Waals surface area contributed by atoms with Gasteiger partial charge in [0.05, 0.1) is 0 Å². The molecule has 146 valence electrons. The third-order valence-corrected chi connectivity index (χ3v) is 4.66. The Hall–Kier alpha value is -3.19. The number of pyridine rings is 1. The van der Waals surface area contributed by atoms with Crippen molar-refractivity contribution in [2.75, 3.05) is 50.0 Å². The molecule has 2 amide bonds. The predicted octanol–water partition coefficient (Wildman–Crippen LogP) is 2.00. The highest BCUT2D eigenvalue weighted by Crippen LogP contribution is 2.19. The summed E-state index contributed by atoms with van der Waals surface area (Å²) in [6.45, 7) is 8.00. The van der Waals surface area contributed by atoms with E-state index in [1.54, 1.807) is 12.1 Å². The fourth-order valence-corrected chi connectivity index (χ4v) is 2.98. The topological polar surface area (TPSA) is 77.6 Å². The van der Waals surface area contributed by atoms with Crippen molar-refractivity contribution in [2.24, 2.45) is 0 Å². The number of benzene rings is 1. The van der Waals surface area contributed by atoms with E-state index in [4.69, 9.17) is 0 Å². The highest BCUT2D eigenvalue weighted by atomic mass is 16.2. The summed E-state index contributed by atoms with van der Waals surface area (Å²) in [5, 5.41) is 5.51. The number of aromatic nitrogens is 1. The Labute approximate surface area is 165 Å². The molecule has 0 unspecified atom stereocenters. The first-order chi connectivity index (χ1) is 13.6. The van der Waals surface area contributed by atoms with Gasteiger partial charge in [0.25, 0.3) is 11.8 Å². The fraction of sp³-hybridized carbons (Fsp3) is 0.286. The Morgan fingerprint density at radius 2 is 1.82 bits per heavy atom. The molecule has 7 heteroatoms. The van der Waals surface area contributed by atoms with Gasteiger partial charge in [-0.05, 0) is 43.4 Å². The van der Waals surface area contributed by atoms with Crippen LogP contribution in [0, 0.1) is 0 Å². The summed E-state index contributed by atoms with van der Waals surface area (Å²) in [5.74, 6) is -0.626. The molecule has 1 aliphatic rings. The lowest BCUT2D eigenvalue weighted by Gasteiger charge is -2.34. The first kappa shape index (κ1) is 19.6. The van der Waals surface area contributed by atoms with Gasteiger partial charge in [-0.3, -0.25) is 14.6 Å². The van der Waals surface area contributed by atoms with E-state index in [-0.39, 0.29) is 17.5 Å². The maximum absolute atomic E-state index is 12.5. The summed E-state index contributed by atoms with van der Waals surface area (Å²) >= 11 is 0. The largest absolute Gasteiger partial charge is 0.369 e. The number of carbonyl (C=O) groups is 2. The van der Waals surface area contributed by atoms with Crippen molar-refractivity contribution < 1.29 is 9.59 Å². The normalized spacial score (nSPS) is 14.4. The number of hydrogen-bond acceptors (Lipinski definition) is 5. The highest BCUT2D eigenvalue weighted by molar-refractivity contribution is 6.04. The number of nitrogens with one attached hydrogen (secondary N) is 2. The summed E-state index contributed by atoms with van der Waals surface area (Å²) in [6, 6.07) is 10.8. The Balaban J connectivity index is 1.63. The molecule has 1 saturated heterocycles. The first-order valence-electron chi connectivity index (χ1n) is 9.27. The lowest BCUT2D eigenvalue weighted by atomic mass is 10.2. The molecular weight excluding hydrogens is 354 g/mol. The molecule has 0 spiro atoms. The molecule has 7 nitrogen and oxygen atoms in total. The Kier molecular flexibility index (Phi) is 6.39. The Morgan fingerprint density at radius 3 is 2.50 bits per heavy atom. The van der Waals surface area contributed by atoms with Crippen LogP contribution in [-0.4, -0.2) is 61.5 Å². The monoisotopic (exact) mass is 379 g/mol. The van der Waals surface area contributed by atoms with Gasteiger partial charge in [-0.25, -0.2) is 0 Å². The van der Waals surface area contributed by atoms with Crippen molar-refractivity contribution in [3.05, 3.63) is 66.5 Å². The van der Waals surface area contributed by atoms with Crippen molar-refractivity contribution in [2.45, 2.75) is 0 Å². The van der Waals surface area contributed by atoms with Gasteiger partial charge < -0.3 is 20.4 Å². The van der Waals surface area contributed by atoms with Gasteiger partial charge in [0.15, 0.2) is 0 Å². The van der Waals surface area contributed by atoms with Crippen molar-refractivity contribution in [3.8, 4) is 0 Å². The third kappa shape index (κ3) is 4.95. The minimum absolute atomic E-state index is 0.189. The number of nitrogens with zero attached hydrogens (tertiary/aromatic N) is 3. The third-order valence-electron chi connectivity index (χ3n) is 4.66. The van der Waals surface area contributed by atoms with Gasteiger partial charge in [-0.2, -0.15) is 0 Å². The Morgan fingerprint density at radius 1 is 1.11 bits per heavy atom. The van der Waals surface area contributed by atoms with Crippen LogP contribution in [0.1, 0.15) is 20.8 Å². The van der Waals surface area contributed by atoms with Crippen molar-refractivity contribution in [3.63, 3.8) is 0 Å². The minimum atomic E-state index is -0.356. The predicted molar refractivity (Wildman–Crippen MR) is 111 cm³/mol. The highest BCUT2D eigenvalue weighted by Gasteiger charge is 2.15. The molecule has 2 heterocycles. The Bertz CT molecular complexity index is 842. The molecule has 2 aromatic rings. The second kappa shape index (κ2) is 9.14. The molecule has 2 N–H and O–H groups in total. The van der Waals surface area contributed by atoms with Crippen LogP contribution in [0.25, 0.3) is 0 Å². The summed E-state index contributed by atoms with van der Waals surface area (Å²) in [7, 11) is 2.13. The SMILES string of the molecule is C=CCNC(=O)c1ccnc(C(=O)Nc2ccc(N3CCN(C)CC3)cc2)c1. The van der Waals surface area contributed by atoms with Gasteiger partial charge in [0.1, 0.15) is 5.69 Å². The van der Waals surface area contributed by atoms with Gasteiger partial charge in [0, 0.05) is 55.9 Å². The fourth-order valence-electron chi connectivity index (χ4n) is 2.98. The number of rotatable bonds is 6.